The second-order valence-corrected chi connectivity index (χ2v) is 5.78. The number of nitro groups is 1. The Labute approximate surface area is 153 Å². The Balaban J connectivity index is 1.54. The van der Waals surface area contributed by atoms with Gasteiger partial charge in [0, 0.05) is 5.56 Å². The van der Waals surface area contributed by atoms with Crippen molar-refractivity contribution in [1.29, 1.82) is 0 Å². The molecule has 1 amide bonds. The number of hydrogen-bond acceptors (Lipinski definition) is 6. The second-order valence-electron chi connectivity index (χ2n) is 5.78. The largest absolute Gasteiger partial charge is 0.454 e. The number of carbonyl (C=O) groups excluding carboxylic acids is 1. The van der Waals surface area contributed by atoms with Gasteiger partial charge in [0.2, 0.25) is 6.79 Å². The lowest BCUT2D eigenvalue weighted by Gasteiger charge is -2.03. The van der Waals surface area contributed by atoms with E-state index in [1.54, 1.807) is 12.1 Å². The first-order chi connectivity index (χ1) is 13.1. The van der Waals surface area contributed by atoms with Gasteiger partial charge in [-0.15, -0.1) is 0 Å². The fourth-order valence-electron chi connectivity index (χ4n) is 2.76. The van der Waals surface area contributed by atoms with E-state index in [1.807, 2.05) is 30.3 Å². The van der Waals surface area contributed by atoms with Gasteiger partial charge in [0.25, 0.3) is 11.6 Å². The Morgan fingerprint density at radius 1 is 1.07 bits per heavy atom. The van der Waals surface area contributed by atoms with Gasteiger partial charge in [-0.25, -0.2) is 5.43 Å². The minimum absolute atomic E-state index is 0.00574. The van der Waals surface area contributed by atoms with Crippen LogP contribution in [0.15, 0.2) is 59.7 Å². The number of hydrogen-bond donors (Lipinski definition) is 1. The smallest absolute Gasteiger partial charge is 0.282 e. The van der Waals surface area contributed by atoms with E-state index >= 15 is 0 Å². The minimum Gasteiger partial charge on any atom is -0.454 e. The summed E-state index contributed by atoms with van der Waals surface area (Å²) in [7, 11) is 0. The molecule has 0 saturated carbocycles. The van der Waals surface area contributed by atoms with E-state index in [9.17, 15) is 14.9 Å². The van der Waals surface area contributed by atoms with Crippen molar-refractivity contribution in [1.82, 2.24) is 5.43 Å². The highest BCUT2D eigenvalue weighted by Gasteiger charge is 2.22. The second kappa shape index (κ2) is 6.75. The van der Waals surface area contributed by atoms with Gasteiger partial charge in [0.1, 0.15) is 0 Å². The molecule has 4 rings (SSSR count). The molecule has 0 atom stereocenters. The van der Waals surface area contributed by atoms with Crippen molar-refractivity contribution < 1.29 is 19.2 Å². The van der Waals surface area contributed by atoms with Crippen LogP contribution in [0.4, 0.5) is 5.69 Å². The van der Waals surface area contributed by atoms with Crippen LogP contribution in [-0.4, -0.2) is 23.8 Å². The zero-order valence-corrected chi connectivity index (χ0v) is 13.9. The lowest BCUT2D eigenvalue weighted by molar-refractivity contribution is -0.385. The van der Waals surface area contributed by atoms with Gasteiger partial charge in [0.15, 0.2) is 11.5 Å². The third-order valence-electron chi connectivity index (χ3n) is 4.10. The molecule has 1 aliphatic heterocycles. The van der Waals surface area contributed by atoms with Crippen LogP contribution in [-0.2, 0) is 0 Å². The summed E-state index contributed by atoms with van der Waals surface area (Å²) in [5, 5.41) is 17.0. The predicted octanol–water partition coefficient (Wildman–Crippen LogP) is 3.24. The van der Waals surface area contributed by atoms with Crippen LogP contribution in [0.3, 0.4) is 0 Å². The number of benzene rings is 3. The van der Waals surface area contributed by atoms with Crippen LogP contribution in [0.2, 0.25) is 0 Å². The van der Waals surface area contributed by atoms with E-state index in [0.29, 0.717) is 17.1 Å². The average molecular weight is 363 g/mol. The zero-order chi connectivity index (χ0) is 18.8. The maximum absolute atomic E-state index is 12.3. The van der Waals surface area contributed by atoms with Gasteiger partial charge < -0.3 is 9.47 Å². The van der Waals surface area contributed by atoms with Gasteiger partial charge in [-0.2, -0.15) is 5.10 Å². The number of amides is 1. The van der Waals surface area contributed by atoms with E-state index in [0.717, 1.165) is 10.8 Å². The number of nitro benzene ring substituents is 1. The molecule has 27 heavy (non-hydrogen) atoms. The van der Waals surface area contributed by atoms with Crippen LogP contribution in [0.25, 0.3) is 10.8 Å². The molecule has 134 valence electrons. The van der Waals surface area contributed by atoms with Crippen molar-refractivity contribution in [2.45, 2.75) is 0 Å². The molecule has 0 fully saturated rings. The van der Waals surface area contributed by atoms with Gasteiger partial charge in [-0.05, 0) is 29.0 Å². The number of nitrogens with one attached hydrogen (secondary N) is 1. The molecule has 0 aliphatic carbocycles. The third-order valence-corrected chi connectivity index (χ3v) is 4.10. The fourth-order valence-corrected chi connectivity index (χ4v) is 2.76. The van der Waals surface area contributed by atoms with Gasteiger partial charge in [-0.3, -0.25) is 14.9 Å². The number of rotatable bonds is 4. The monoisotopic (exact) mass is 363 g/mol. The van der Waals surface area contributed by atoms with Gasteiger partial charge in [0.05, 0.1) is 22.8 Å². The summed E-state index contributed by atoms with van der Waals surface area (Å²) < 4.78 is 10.4. The molecule has 0 unspecified atom stereocenters. The summed E-state index contributed by atoms with van der Waals surface area (Å²) >= 11 is 0. The van der Waals surface area contributed by atoms with Crippen LogP contribution < -0.4 is 14.9 Å². The SMILES string of the molecule is O=C(N/N=C\c1cc2c(cc1[N+](=O)[O-])OCO2)c1ccc2ccccc2c1. The summed E-state index contributed by atoms with van der Waals surface area (Å²) in [6.07, 6.45) is 1.21. The van der Waals surface area contributed by atoms with E-state index in [2.05, 4.69) is 10.5 Å². The Morgan fingerprint density at radius 2 is 1.81 bits per heavy atom. The molecular formula is C19H13N3O5. The lowest BCUT2D eigenvalue weighted by atomic mass is 10.1. The normalized spacial score (nSPS) is 12.4. The Kier molecular flexibility index (Phi) is 4.13. The molecule has 1 aliphatic rings. The van der Waals surface area contributed by atoms with E-state index in [-0.39, 0.29) is 18.0 Å². The van der Waals surface area contributed by atoms with Gasteiger partial charge in [-0.1, -0.05) is 30.3 Å². The third kappa shape index (κ3) is 3.28. The number of fused-ring (bicyclic) bond motifs is 2. The van der Waals surface area contributed by atoms with Crippen LogP contribution in [0.5, 0.6) is 11.5 Å². The number of ether oxygens (including phenoxy) is 2. The molecule has 0 bridgehead atoms. The standard InChI is InChI=1S/C19H13N3O5/c23-19(14-6-5-12-3-1-2-4-13(12)7-14)21-20-10-15-8-17-18(27-11-26-17)9-16(15)22(24)25/h1-10H,11H2,(H,21,23)/b20-10-. The Morgan fingerprint density at radius 3 is 2.59 bits per heavy atom. The van der Waals surface area contributed by atoms with Crippen LogP contribution >= 0.6 is 0 Å². The highest BCUT2D eigenvalue weighted by Crippen LogP contribution is 2.37. The van der Waals surface area contributed by atoms with Crippen molar-refractivity contribution in [3.05, 3.63) is 75.8 Å². The number of carbonyl (C=O) groups is 1. The predicted molar refractivity (Wildman–Crippen MR) is 98.2 cm³/mol. The molecule has 3 aromatic rings. The van der Waals surface area contributed by atoms with Crippen molar-refractivity contribution >= 4 is 28.6 Å². The maximum Gasteiger partial charge on any atom is 0.282 e. The highest BCUT2D eigenvalue weighted by molar-refractivity contribution is 5.99. The fraction of sp³-hybridized carbons (Fsp3) is 0.0526. The molecule has 8 heteroatoms. The van der Waals surface area contributed by atoms with Crippen molar-refractivity contribution in [2.75, 3.05) is 6.79 Å². The van der Waals surface area contributed by atoms with E-state index in [1.165, 1.54) is 18.3 Å². The summed E-state index contributed by atoms with van der Waals surface area (Å²) in [4.78, 5) is 23.0. The van der Waals surface area contributed by atoms with E-state index in [4.69, 9.17) is 9.47 Å². The quantitative estimate of drug-likeness (QED) is 0.435. The van der Waals surface area contributed by atoms with Crippen molar-refractivity contribution in [2.24, 2.45) is 5.10 Å². The molecule has 0 radical (unpaired) electrons. The zero-order valence-electron chi connectivity index (χ0n) is 13.9. The first-order valence-corrected chi connectivity index (χ1v) is 8.02. The average Bonchev–Trinajstić information content (AvgIpc) is 3.14. The number of hydrazone groups is 1. The van der Waals surface area contributed by atoms with E-state index < -0.39 is 10.8 Å². The first kappa shape index (κ1) is 16.5. The van der Waals surface area contributed by atoms with Crippen LogP contribution in [0, 0.1) is 10.1 Å². The summed E-state index contributed by atoms with van der Waals surface area (Å²) in [5.74, 6) is 0.280. The van der Waals surface area contributed by atoms with Crippen LogP contribution in [0.1, 0.15) is 15.9 Å². The molecule has 0 spiro atoms. The molecule has 0 aromatic heterocycles. The highest BCUT2D eigenvalue weighted by atomic mass is 16.7. The Bertz CT molecular complexity index is 1090. The van der Waals surface area contributed by atoms with Gasteiger partial charge >= 0.3 is 0 Å². The van der Waals surface area contributed by atoms with Crippen molar-refractivity contribution in [3.63, 3.8) is 0 Å². The maximum atomic E-state index is 12.3. The molecule has 0 saturated heterocycles. The summed E-state index contributed by atoms with van der Waals surface area (Å²) in [6.45, 7) is 0.00574. The summed E-state index contributed by atoms with van der Waals surface area (Å²) in [6, 6.07) is 15.7. The molecule has 8 nitrogen and oxygen atoms in total. The minimum atomic E-state index is -0.547. The van der Waals surface area contributed by atoms with Crippen molar-refractivity contribution in [3.8, 4) is 11.5 Å². The topological polar surface area (TPSA) is 103 Å². The molecule has 3 aromatic carbocycles. The molecular weight excluding hydrogens is 350 g/mol. The summed E-state index contributed by atoms with van der Waals surface area (Å²) in [5.41, 5.74) is 2.82. The number of nitrogens with zero attached hydrogens (tertiary/aromatic N) is 2. The Hall–Kier alpha value is -3.94. The molecule has 1 heterocycles. The first-order valence-electron chi connectivity index (χ1n) is 8.02. The lowest BCUT2D eigenvalue weighted by Crippen LogP contribution is -2.17. The molecule has 1 N–H and O–H groups in total.